The van der Waals surface area contributed by atoms with Crippen LogP contribution < -0.4 is 38.2 Å². The van der Waals surface area contributed by atoms with Crippen LogP contribution >= 0.6 is 15.6 Å². The minimum atomic E-state index is -5.94. The number of phosphoric ester groups is 2. The van der Waals surface area contributed by atoms with Crippen molar-refractivity contribution < 1.29 is 116 Å². The lowest BCUT2D eigenvalue weighted by molar-refractivity contribution is -0.261. The lowest BCUT2D eigenvalue weighted by Gasteiger charge is -2.44. The summed E-state index contributed by atoms with van der Waals surface area (Å²) >= 11 is 0. The van der Waals surface area contributed by atoms with E-state index in [1.54, 1.807) is 0 Å². The van der Waals surface area contributed by atoms with E-state index in [0.29, 0.717) is 4.57 Å². The predicted molar refractivity (Wildman–Crippen MR) is 224 cm³/mol. The first kappa shape index (κ1) is 59.2. The van der Waals surface area contributed by atoms with Crippen molar-refractivity contribution in [1.29, 1.82) is 0 Å². The van der Waals surface area contributed by atoms with Gasteiger partial charge in [-0.25, -0.2) is 23.5 Å². The van der Waals surface area contributed by atoms with Gasteiger partial charge in [-0.2, -0.15) is 4.31 Å². The zero-order valence-corrected chi connectivity index (χ0v) is 38.9. The Morgan fingerprint density at radius 1 is 0.843 bits per heavy atom. The molecule has 35 heteroatoms. The summed E-state index contributed by atoms with van der Waals surface area (Å²) in [6, 6.07) is -7.11. The summed E-state index contributed by atoms with van der Waals surface area (Å²) in [6.45, 7) is 0.794. The summed E-state index contributed by atoms with van der Waals surface area (Å²) < 4.78 is 56.8. The molecule has 3 heterocycles. The van der Waals surface area contributed by atoms with Crippen LogP contribution in [0.2, 0.25) is 0 Å². The monoisotopic (exact) mass is 1050 g/mol. The molecule has 0 aliphatic carbocycles. The first-order valence-electron chi connectivity index (χ1n) is 20.7. The fraction of sp³-hybridized carbons (Fsp3) is 0.686. The van der Waals surface area contributed by atoms with Crippen LogP contribution in [0.15, 0.2) is 21.9 Å². The van der Waals surface area contributed by atoms with Gasteiger partial charge in [-0.05, 0) is 39.5 Å². The number of rotatable bonds is 27. The average Bonchev–Trinajstić information content (AvgIpc) is 3.53. The van der Waals surface area contributed by atoms with Gasteiger partial charge in [0.05, 0.1) is 13.2 Å². The number of ether oxygens (including phenoxy) is 3. The normalized spacial score (nSPS) is 27.3. The van der Waals surface area contributed by atoms with Gasteiger partial charge in [0, 0.05) is 25.6 Å². The molecule has 16 N–H and O–H groups in total. The number of carbonyl (C=O) groups is 7. The Morgan fingerprint density at radius 3 is 2.04 bits per heavy atom. The van der Waals surface area contributed by atoms with E-state index in [-0.39, 0.29) is 19.3 Å². The van der Waals surface area contributed by atoms with E-state index in [0.717, 1.165) is 33.0 Å². The maximum atomic E-state index is 13.2. The van der Waals surface area contributed by atoms with Crippen LogP contribution in [0.1, 0.15) is 59.1 Å². The van der Waals surface area contributed by atoms with Crippen molar-refractivity contribution in [2.45, 2.75) is 138 Å². The Morgan fingerprint density at radius 2 is 1.47 bits per heavy atom. The molecule has 0 radical (unpaired) electrons. The number of H-pyrrole nitrogens is 1. The van der Waals surface area contributed by atoms with Crippen LogP contribution in [-0.2, 0) is 70.3 Å². The quantitative estimate of drug-likeness (QED) is 0.0365. The molecule has 0 bridgehead atoms. The zero-order chi connectivity index (χ0) is 53.0. The predicted octanol–water partition coefficient (Wildman–Crippen LogP) is -6.23. The largest absolute Gasteiger partial charge is 0.483 e. The molecular formula is C35H55N7O26P2. The number of amides is 4. The highest BCUT2D eigenvalue weighted by Crippen LogP contribution is 2.61. The topological polar surface area (TPSA) is 520 Å². The minimum absolute atomic E-state index is 0.00343. The van der Waals surface area contributed by atoms with Crippen molar-refractivity contribution in [3.8, 4) is 0 Å². The summed E-state index contributed by atoms with van der Waals surface area (Å²) in [4.78, 5) is 132. The molecule has 2 aliphatic rings. The summed E-state index contributed by atoms with van der Waals surface area (Å²) in [5, 5.41) is 78.4. The van der Waals surface area contributed by atoms with Gasteiger partial charge in [0.25, 0.3) is 5.56 Å². The third kappa shape index (κ3) is 17.3. The van der Waals surface area contributed by atoms with E-state index in [2.05, 4.69) is 30.1 Å². The SMILES string of the molecule is CC(=O)NC1C(OP(=O)(O)OP(=O)(O)OC[C@H]2O[C@@H](n3ccc(=O)[nH]c3=O)C(O)C2O)OC(CO)C(O)C1OC(C)C(=O)NC(C)C(=O)NC(CCC(=O)NC(CCCC(N)C(=O)O)C(=O)O)C(=O)O. The van der Waals surface area contributed by atoms with Crippen LogP contribution in [0, 0.1) is 0 Å². The Labute approximate surface area is 393 Å². The van der Waals surface area contributed by atoms with Crippen LogP contribution in [-0.4, -0.2) is 189 Å². The lowest BCUT2D eigenvalue weighted by atomic mass is 9.96. The third-order valence-corrected chi connectivity index (χ3v) is 12.8. The maximum absolute atomic E-state index is 13.2. The van der Waals surface area contributed by atoms with Crippen molar-refractivity contribution in [1.82, 2.24) is 30.8 Å². The summed E-state index contributed by atoms with van der Waals surface area (Å²) in [7, 11) is -11.7. The maximum Gasteiger partial charge on any atom is 0.483 e. The van der Waals surface area contributed by atoms with Gasteiger partial charge in [-0.1, -0.05) is 0 Å². The highest BCUT2D eigenvalue weighted by atomic mass is 31.3. The molecule has 0 aromatic carbocycles. The highest BCUT2D eigenvalue weighted by molar-refractivity contribution is 7.61. The van der Waals surface area contributed by atoms with Gasteiger partial charge in [0.1, 0.15) is 72.9 Å². The molecule has 0 saturated carbocycles. The molecule has 0 spiro atoms. The Bertz CT molecular complexity index is 2270. The third-order valence-electron chi connectivity index (χ3n) is 10.2. The molecule has 3 rings (SSSR count). The number of nitrogens with zero attached hydrogens (tertiary/aromatic N) is 1. The number of phosphoric acid groups is 2. The molecule has 2 aliphatic heterocycles. The van der Waals surface area contributed by atoms with Crippen molar-refractivity contribution in [2.75, 3.05) is 13.2 Å². The minimum Gasteiger partial charge on any atom is -0.480 e. The number of aliphatic hydroxyl groups is 4. The lowest BCUT2D eigenvalue weighted by Crippen LogP contribution is -2.66. The summed E-state index contributed by atoms with van der Waals surface area (Å²) in [6.07, 6.45) is -17.6. The number of nitrogens with one attached hydrogen (secondary N) is 5. The molecular weight excluding hydrogens is 996 g/mol. The number of carboxylic acid groups (broad SMARTS) is 3. The second kappa shape index (κ2) is 25.9. The number of aromatic nitrogens is 2. The van der Waals surface area contributed by atoms with Crippen molar-refractivity contribution in [3.05, 3.63) is 33.1 Å². The number of carboxylic acids is 3. The molecule has 1 aromatic heterocycles. The Hall–Kier alpha value is -5.09. The van der Waals surface area contributed by atoms with E-state index in [1.807, 2.05) is 4.98 Å². The number of nitrogens with two attached hydrogens (primary N) is 1. The number of hydrogen-bond donors (Lipinski definition) is 15. The van der Waals surface area contributed by atoms with Gasteiger partial charge in [0.15, 0.2) is 12.5 Å². The summed E-state index contributed by atoms with van der Waals surface area (Å²) in [5.41, 5.74) is 3.51. The van der Waals surface area contributed by atoms with Crippen LogP contribution in [0.4, 0.5) is 0 Å². The van der Waals surface area contributed by atoms with Gasteiger partial charge in [-0.3, -0.25) is 47.4 Å². The molecule has 2 saturated heterocycles. The van der Waals surface area contributed by atoms with Crippen LogP contribution in [0.25, 0.3) is 0 Å². The Kier molecular flexibility index (Phi) is 21.9. The number of hydrogen-bond acceptors (Lipinski definition) is 22. The number of aliphatic carboxylic acids is 3. The first-order valence-corrected chi connectivity index (χ1v) is 23.7. The average molecular weight is 1050 g/mol. The van der Waals surface area contributed by atoms with E-state index in [1.165, 1.54) is 0 Å². The highest BCUT2D eigenvalue weighted by Gasteiger charge is 2.52. The second-order valence-corrected chi connectivity index (χ2v) is 18.7. The molecule has 16 atom stereocenters. The van der Waals surface area contributed by atoms with E-state index < -0.39 is 180 Å². The molecule has 2 fully saturated rings. The van der Waals surface area contributed by atoms with E-state index >= 15 is 0 Å². The van der Waals surface area contributed by atoms with Gasteiger partial charge < -0.3 is 86.7 Å². The smallest absolute Gasteiger partial charge is 0.480 e. The molecule has 396 valence electrons. The van der Waals surface area contributed by atoms with Crippen molar-refractivity contribution >= 4 is 57.2 Å². The molecule has 1 aromatic rings. The van der Waals surface area contributed by atoms with E-state index in [9.17, 15) is 92.7 Å². The van der Waals surface area contributed by atoms with Gasteiger partial charge >= 0.3 is 39.2 Å². The Balaban J connectivity index is 1.64. The van der Waals surface area contributed by atoms with Crippen LogP contribution in [0.3, 0.4) is 0 Å². The molecule has 4 amide bonds. The number of aliphatic hydroxyl groups excluding tert-OH is 4. The van der Waals surface area contributed by atoms with Crippen LogP contribution in [0.5, 0.6) is 0 Å². The second-order valence-electron chi connectivity index (χ2n) is 15.7. The van der Waals surface area contributed by atoms with Crippen molar-refractivity contribution in [2.24, 2.45) is 5.73 Å². The first-order chi connectivity index (χ1) is 32.5. The standard InChI is InChI=1S/C35H55N7O26P2/c1-13(28(50)40-18(33(56)57)7-8-21(45)39-17(32(54)55)6-4-5-16(36)31(52)53)37-29(51)14(2)64-27-23(38-15(3)44)34(66-19(11-43)25(27)48)67-70(61,62)68-69(59,60)63-12-20-24(47)26(49)30(65-20)42-10-9-22(46)41-35(42)58/h9-10,13-14,16-20,23-27,30,34,43,47-49H,4-8,11-12,36H2,1-3H3,(H,37,51)(H,38,44)(H,39,45)(H,40,50)(H,52,53)(H,54,55)(H,56,57)(H,59,60)(H,61,62)(H,41,46,58)/t13?,14?,16?,17?,18?,19?,20-,23?,24?,25?,26?,27?,30-,34?/m1/s1. The van der Waals surface area contributed by atoms with E-state index in [4.69, 9.17) is 29.6 Å². The fourth-order valence-corrected chi connectivity index (χ4v) is 8.78. The van der Waals surface area contributed by atoms with Gasteiger partial charge in [-0.15, -0.1) is 0 Å². The molecule has 70 heavy (non-hydrogen) atoms. The number of aromatic amines is 1. The molecule has 14 unspecified atom stereocenters. The fourth-order valence-electron chi connectivity index (χ4n) is 6.62. The molecule has 33 nitrogen and oxygen atoms in total. The zero-order valence-electron chi connectivity index (χ0n) is 37.1. The van der Waals surface area contributed by atoms with Gasteiger partial charge in [0.2, 0.25) is 23.6 Å². The van der Waals surface area contributed by atoms with Crippen molar-refractivity contribution in [3.63, 3.8) is 0 Å². The number of carbonyl (C=O) groups excluding carboxylic acids is 4. The summed E-state index contributed by atoms with van der Waals surface area (Å²) in [5.74, 6) is -8.57.